The average molecular weight is 651 g/mol. The van der Waals surface area contributed by atoms with Gasteiger partial charge in [0, 0.05) is 0 Å². The Morgan fingerprint density at radius 3 is 1.15 bits per heavy atom. The maximum atomic E-state index is 4.07. The lowest BCUT2D eigenvalue weighted by atomic mass is 9.84. The summed E-state index contributed by atoms with van der Waals surface area (Å²) in [5.41, 5.74) is 9.45. The molecule has 0 heteroatoms. The SMILES string of the molecule is C=C(C)/C(C(C)=C(C)C)=C(/C)CCC.C=C(C)/C=C(/C)C(CC)C(C)C.CC.CC.CC.CC.CC.CC.CC1CCC(C)CC1. The highest BCUT2D eigenvalue weighted by molar-refractivity contribution is 5.47. The van der Waals surface area contributed by atoms with Gasteiger partial charge in [-0.25, -0.2) is 0 Å². The van der Waals surface area contributed by atoms with Crippen LogP contribution in [0.1, 0.15) is 218 Å². The lowest BCUT2D eigenvalue weighted by Gasteiger charge is -2.22. The summed E-state index contributed by atoms with van der Waals surface area (Å²) in [7, 11) is 0. The van der Waals surface area contributed by atoms with E-state index in [1.54, 1.807) is 0 Å². The first kappa shape index (κ1) is 63.4. The number of rotatable bonds is 8. The van der Waals surface area contributed by atoms with Gasteiger partial charge in [0.15, 0.2) is 0 Å². The monoisotopic (exact) mass is 651 g/mol. The molecule has 0 aromatic carbocycles. The molecule has 0 aromatic heterocycles. The highest BCUT2D eigenvalue weighted by Crippen LogP contribution is 2.28. The topological polar surface area (TPSA) is 0 Å². The Hall–Kier alpha value is -1.30. The van der Waals surface area contributed by atoms with E-state index in [0.29, 0.717) is 0 Å². The molecule has 1 unspecified atom stereocenters. The molecule has 1 fully saturated rings. The Bertz CT molecular complexity index is 670. The summed E-state index contributed by atoms with van der Waals surface area (Å²) in [6, 6.07) is 0. The van der Waals surface area contributed by atoms with Crippen LogP contribution < -0.4 is 0 Å². The van der Waals surface area contributed by atoms with Crippen molar-refractivity contribution in [2.75, 3.05) is 0 Å². The summed E-state index contributed by atoms with van der Waals surface area (Å²) in [5, 5.41) is 0. The van der Waals surface area contributed by atoms with Crippen LogP contribution in [-0.4, -0.2) is 0 Å². The number of hydrogen-bond acceptors (Lipinski definition) is 0. The smallest absolute Gasteiger partial charge is 0.0182 e. The van der Waals surface area contributed by atoms with Gasteiger partial charge >= 0.3 is 0 Å². The van der Waals surface area contributed by atoms with Gasteiger partial charge < -0.3 is 0 Å². The van der Waals surface area contributed by atoms with Crippen LogP contribution in [0.15, 0.2) is 58.2 Å². The van der Waals surface area contributed by atoms with E-state index >= 15 is 0 Å². The van der Waals surface area contributed by atoms with Crippen LogP contribution in [0.3, 0.4) is 0 Å². The maximum absolute atomic E-state index is 4.07. The molecule has 0 saturated heterocycles. The Labute approximate surface area is 299 Å². The second-order valence-corrected chi connectivity index (χ2v) is 11.7. The van der Waals surface area contributed by atoms with E-state index < -0.39 is 0 Å². The first-order valence-corrected chi connectivity index (χ1v) is 20.0. The third-order valence-corrected chi connectivity index (χ3v) is 7.21. The molecule has 0 N–H and O–H groups in total. The van der Waals surface area contributed by atoms with E-state index in [9.17, 15) is 0 Å². The molecule has 0 spiro atoms. The van der Waals surface area contributed by atoms with Gasteiger partial charge in [-0.2, -0.15) is 0 Å². The molecule has 0 bridgehead atoms. The molecular weight excluding hydrogens is 553 g/mol. The molecule has 46 heavy (non-hydrogen) atoms. The molecule has 1 atom stereocenters. The van der Waals surface area contributed by atoms with E-state index in [2.05, 4.69) is 109 Å². The Morgan fingerprint density at radius 1 is 0.630 bits per heavy atom. The number of hydrogen-bond donors (Lipinski definition) is 0. The predicted octanol–water partition coefficient (Wildman–Crippen LogP) is 18.2. The van der Waals surface area contributed by atoms with E-state index in [0.717, 1.165) is 29.2 Å². The van der Waals surface area contributed by atoms with Crippen molar-refractivity contribution in [1.82, 2.24) is 0 Å². The van der Waals surface area contributed by atoms with Crippen LogP contribution in [0.2, 0.25) is 0 Å². The molecule has 0 radical (unpaired) electrons. The Balaban J connectivity index is -0.0000000682. The predicted molar refractivity (Wildman–Crippen MR) is 229 cm³/mol. The van der Waals surface area contributed by atoms with Crippen molar-refractivity contribution < 1.29 is 0 Å². The van der Waals surface area contributed by atoms with E-state index in [-0.39, 0.29) is 0 Å². The summed E-state index contributed by atoms with van der Waals surface area (Å²) in [6.45, 7) is 60.8. The fraction of sp³-hybridized carbons (Fsp3) is 0.783. The highest BCUT2D eigenvalue weighted by Gasteiger charge is 2.13. The van der Waals surface area contributed by atoms with Crippen molar-refractivity contribution in [2.45, 2.75) is 218 Å². The van der Waals surface area contributed by atoms with Gasteiger partial charge in [-0.1, -0.05) is 204 Å². The van der Waals surface area contributed by atoms with Gasteiger partial charge in [-0.3, -0.25) is 0 Å². The summed E-state index contributed by atoms with van der Waals surface area (Å²) < 4.78 is 0. The molecule has 1 aliphatic carbocycles. The van der Waals surface area contributed by atoms with Crippen LogP contribution in [0.5, 0.6) is 0 Å². The molecule has 1 saturated carbocycles. The van der Waals surface area contributed by atoms with Crippen LogP contribution in [0.4, 0.5) is 0 Å². The fourth-order valence-corrected chi connectivity index (χ4v) is 5.00. The first-order chi connectivity index (χ1) is 21.7. The summed E-state index contributed by atoms with van der Waals surface area (Å²) in [6.07, 6.45) is 11.7. The van der Waals surface area contributed by atoms with Crippen molar-refractivity contribution in [1.29, 1.82) is 0 Å². The largest absolute Gasteiger partial charge is 0.0961 e. The lowest BCUT2D eigenvalue weighted by molar-refractivity contribution is 0.308. The minimum absolute atomic E-state index is 0.724. The van der Waals surface area contributed by atoms with Crippen LogP contribution in [0.25, 0.3) is 0 Å². The zero-order valence-electron chi connectivity index (χ0n) is 37.8. The molecule has 282 valence electrons. The van der Waals surface area contributed by atoms with Gasteiger partial charge in [-0.05, 0) is 96.1 Å². The summed E-state index contributed by atoms with van der Waals surface area (Å²) in [4.78, 5) is 0. The Morgan fingerprint density at radius 2 is 0.957 bits per heavy atom. The minimum atomic E-state index is 0.724. The van der Waals surface area contributed by atoms with Crippen molar-refractivity contribution >= 4 is 0 Å². The molecular formula is C46H98. The van der Waals surface area contributed by atoms with Gasteiger partial charge in [0.25, 0.3) is 0 Å². The molecule has 0 amide bonds. The molecule has 1 aliphatic rings. The molecule has 0 heterocycles. The van der Waals surface area contributed by atoms with Crippen LogP contribution in [0, 0.1) is 23.7 Å². The van der Waals surface area contributed by atoms with Crippen molar-refractivity contribution in [3.8, 4) is 0 Å². The zero-order valence-corrected chi connectivity index (χ0v) is 37.8. The standard InChI is InChI=1S/C14H24.C12H22.C8H16.6C2H6/c1-8-9-12(6)14(11(4)5)13(7)10(2)3;1-7-12(10(4)5)11(6)8-9(2)3;1-7-3-5-8(2)6-4-7;6*1-2/h4,8-9H2,1-3,5-7H3;8,10,12H,2,7H2,1,3-6H3;7-8H,3-6H2,1-2H3;6*1-2H3/b14-12+;11-8-;;;;;;;. The average Bonchev–Trinajstić information content (AvgIpc) is 3.05. The van der Waals surface area contributed by atoms with Gasteiger partial charge in [-0.15, -0.1) is 0 Å². The first-order valence-electron chi connectivity index (χ1n) is 20.0. The minimum Gasteiger partial charge on any atom is -0.0961 e. The van der Waals surface area contributed by atoms with E-state index in [1.165, 1.54) is 78.4 Å². The van der Waals surface area contributed by atoms with Crippen LogP contribution in [-0.2, 0) is 0 Å². The quantitative estimate of drug-likeness (QED) is 0.229. The lowest BCUT2D eigenvalue weighted by Crippen LogP contribution is -2.08. The normalized spacial score (nSPS) is 15.3. The van der Waals surface area contributed by atoms with Crippen LogP contribution >= 0.6 is 0 Å². The van der Waals surface area contributed by atoms with Gasteiger partial charge in [0.1, 0.15) is 0 Å². The molecule has 0 aliphatic heterocycles. The molecule has 1 rings (SSSR count). The highest BCUT2D eigenvalue weighted by atomic mass is 14.2. The van der Waals surface area contributed by atoms with E-state index in [4.69, 9.17) is 0 Å². The van der Waals surface area contributed by atoms with Crippen molar-refractivity contribution in [2.24, 2.45) is 23.7 Å². The third kappa shape index (κ3) is 42.7. The Kier molecular flexibility index (Phi) is 69.7. The summed E-state index contributed by atoms with van der Waals surface area (Å²) in [5.74, 6) is 3.50. The van der Waals surface area contributed by atoms with E-state index in [1.807, 2.05) is 83.1 Å². The second kappa shape index (κ2) is 50.6. The summed E-state index contributed by atoms with van der Waals surface area (Å²) >= 11 is 0. The van der Waals surface area contributed by atoms with Gasteiger partial charge in [0.2, 0.25) is 0 Å². The van der Waals surface area contributed by atoms with Crippen molar-refractivity contribution in [3.05, 3.63) is 58.2 Å². The zero-order chi connectivity index (χ0) is 39.0. The molecule has 0 nitrogen and oxygen atoms in total. The van der Waals surface area contributed by atoms with Crippen molar-refractivity contribution in [3.63, 3.8) is 0 Å². The number of allylic oxidation sites excluding steroid dienone is 8. The second-order valence-electron chi connectivity index (χ2n) is 11.7. The third-order valence-electron chi connectivity index (χ3n) is 7.21. The van der Waals surface area contributed by atoms with Gasteiger partial charge in [0.05, 0.1) is 0 Å². The molecule has 0 aromatic rings. The maximum Gasteiger partial charge on any atom is -0.0182 e. The fourth-order valence-electron chi connectivity index (χ4n) is 5.00.